The molecule has 1 atom stereocenters. The summed E-state index contributed by atoms with van der Waals surface area (Å²) < 4.78 is 0. The van der Waals surface area contributed by atoms with E-state index < -0.39 is 0 Å². The van der Waals surface area contributed by atoms with E-state index in [0.717, 1.165) is 19.6 Å². The van der Waals surface area contributed by atoms with Crippen LogP contribution in [0.1, 0.15) is 44.7 Å². The van der Waals surface area contributed by atoms with Crippen LogP contribution in [-0.2, 0) is 13.1 Å². The van der Waals surface area contributed by atoms with Crippen LogP contribution in [0.25, 0.3) is 0 Å². The molecule has 102 valence electrons. The molecule has 0 aromatic heterocycles. The Morgan fingerprint density at radius 1 is 1.11 bits per heavy atom. The molecule has 2 heteroatoms. The van der Waals surface area contributed by atoms with Gasteiger partial charge in [0, 0.05) is 19.1 Å². The Bertz CT molecular complexity index is 318. The molecule has 0 aliphatic rings. The van der Waals surface area contributed by atoms with Crippen molar-refractivity contribution in [3.8, 4) is 0 Å². The first kappa shape index (κ1) is 15.2. The standard InChI is InChI=1S/C16H28N2/c1-5-7-14(3)18(4)13-16-10-8-15(9-11-16)12-17-6-2/h8-11,14,17H,5-7,12-13H2,1-4H3. The smallest absolute Gasteiger partial charge is 0.0233 e. The van der Waals surface area contributed by atoms with Gasteiger partial charge in [0.25, 0.3) is 0 Å². The molecule has 18 heavy (non-hydrogen) atoms. The zero-order chi connectivity index (χ0) is 13.4. The third kappa shape index (κ3) is 5.19. The predicted molar refractivity (Wildman–Crippen MR) is 79.7 cm³/mol. The highest BCUT2D eigenvalue weighted by Gasteiger charge is 2.08. The molecule has 1 unspecified atom stereocenters. The molecule has 0 aliphatic carbocycles. The average Bonchev–Trinajstić information content (AvgIpc) is 2.38. The molecule has 0 heterocycles. The lowest BCUT2D eigenvalue weighted by Gasteiger charge is -2.24. The van der Waals surface area contributed by atoms with Crippen LogP contribution >= 0.6 is 0 Å². The van der Waals surface area contributed by atoms with Crippen LogP contribution < -0.4 is 5.32 Å². The highest BCUT2D eigenvalue weighted by molar-refractivity contribution is 5.22. The molecule has 0 radical (unpaired) electrons. The van der Waals surface area contributed by atoms with Gasteiger partial charge in [0.05, 0.1) is 0 Å². The minimum absolute atomic E-state index is 0.663. The molecular weight excluding hydrogens is 220 g/mol. The van der Waals surface area contributed by atoms with E-state index in [9.17, 15) is 0 Å². The van der Waals surface area contributed by atoms with Gasteiger partial charge in [0.15, 0.2) is 0 Å². The summed E-state index contributed by atoms with van der Waals surface area (Å²) in [7, 11) is 2.22. The van der Waals surface area contributed by atoms with E-state index in [1.54, 1.807) is 0 Å². The Balaban J connectivity index is 2.47. The van der Waals surface area contributed by atoms with Gasteiger partial charge in [-0.3, -0.25) is 4.90 Å². The van der Waals surface area contributed by atoms with Gasteiger partial charge in [-0.15, -0.1) is 0 Å². The SMILES string of the molecule is CCCC(C)N(C)Cc1ccc(CNCC)cc1. The maximum Gasteiger partial charge on any atom is 0.0233 e. The van der Waals surface area contributed by atoms with E-state index in [2.05, 4.69) is 62.3 Å². The average molecular weight is 248 g/mol. The van der Waals surface area contributed by atoms with Crippen molar-refractivity contribution in [1.82, 2.24) is 10.2 Å². The fraction of sp³-hybridized carbons (Fsp3) is 0.625. The van der Waals surface area contributed by atoms with Crippen molar-refractivity contribution in [2.24, 2.45) is 0 Å². The van der Waals surface area contributed by atoms with Gasteiger partial charge >= 0.3 is 0 Å². The minimum atomic E-state index is 0.663. The molecule has 0 saturated carbocycles. The first-order valence-corrected chi connectivity index (χ1v) is 7.16. The fourth-order valence-electron chi connectivity index (χ4n) is 2.11. The van der Waals surface area contributed by atoms with E-state index >= 15 is 0 Å². The molecular formula is C16H28N2. The summed E-state index contributed by atoms with van der Waals surface area (Å²) in [5.41, 5.74) is 2.77. The largest absolute Gasteiger partial charge is 0.313 e. The first-order chi connectivity index (χ1) is 8.67. The molecule has 0 saturated heterocycles. The summed E-state index contributed by atoms with van der Waals surface area (Å²) >= 11 is 0. The third-order valence-electron chi connectivity index (χ3n) is 3.49. The Morgan fingerprint density at radius 2 is 1.72 bits per heavy atom. The number of nitrogens with one attached hydrogen (secondary N) is 1. The fourth-order valence-corrected chi connectivity index (χ4v) is 2.11. The summed E-state index contributed by atoms with van der Waals surface area (Å²) in [6, 6.07) is 9.63. The summed E-state index contributed by atoms with van der Waals surface area (Å²) in [5, 5.41) is 3.35. The van der Waals surface area contributed by atoms with Crippen LogP contribution in [0.4, 0.5) is 0 Å². The zero-order valence-electron chi connectivity index (χ0n) is 12.4. The van der Waals surface area contributed by atoms with E-state index in [1.807, 2.05) is 0 Å². The Labute approximate surface area is 112 Å². The zero-order valence-corrected chi connectivity index (χ0v) is 12.4. The third-order valence-corrected chi connectivity index (χ3v) is 3.49. The van der Waals surface area contributed by atoms with Crippen molar-refractivity contribution < 1.29 is 0 Å². The molecule has 1 rings (SSSR count). The quantitative estimate of drug-likeness (QED) is 0.758. The normalized spacial score (nSPS) is 12.9. The maximum atomic E-state index is 3.35. The van der Waals surface area contributed by atoms with Gasteiger partial charge in [-0.1, -0.05) is 44.5 Å². The van der Waals surface area contributed by atoms with Crippen LogP contribution in [0.15, 0.2) is 24.3 Å². The first-order valence-electron chi connectivity index (χ1n) is 7.16. The van der Waals surface area contributed by atoms with Crippen molar-refractivity contribution in [2.75, 3.05) is 13.6 Å². The van der Waals surface area contributed by atoms with Crippen molar-refractivity contribution in [1.29, 1.82) is 0 Å². The van der Waals surface area contributed by atoms with Gasteiger partial charge in [0.2, 0.25) is 0 Å². The Morgan fingerprint density at radius 3 is 2.28 bits per heavy atom. The van der Waals surface area contributed by atoms with Gasteiger partial charge in [-0.05, 0) is 38.1 Å². The van der Waals surface area contributed by atoms with Crippen LogP contribution in [0.5, 0.6) is 0 Å². The molecule has 0 spiro atoms. The molecule has 1 aromatic carbocycles. The second-order valence-corrected chi connectivity index (χ2v) is 5.15. The molecule has 2 nitrogen and oxygen atoms in total. The second kappa shape index (κ2) is 8.28. The van der Waals surface area contributed by atoms with Crippen LogP contribution in [0.2, 0.25) is 0 Å². The molecule has 1 aromatic rings. The van der Waals surface area contributed by atoms with Crippen LogP contribution in [0, 0.1) is 0 Å². The monoisotopic (exact) mass is 248 g/mol. The van der Waals surface area contributed by atoms with E-state index in [-0.39, 0.29) is 0 Å². The topological polar surface area (TPSA) is 15.3 Å². The van der Waals surface area contributed by atoms with Crippen LogP contribution in [-0.4, -0.2) is 24.5 Å². The molecule has 0 bridgehead atoms. The predicted octanol–water partition coefficient (Wildman–Crippen LogP) is 3.42. The van der Waals surface area contributed by atoms with Crippen molar-refractivity contribution in [3.05, 3.63) is 35.4 Å². The van der Waals surface area contributed by atoms with E-state index in [0.29, 0.717) is 6.04 Å². The number of benzene rings is 1. The summed E-state index contributed by atoms with van der Waals surface area (Å²) in [6.45, 7) is 9.74. The number of nitrogens with zero attached hydrogens (tertiary/aromatic N) is 1. The van der Waals surface area contributed by atoms with Gasteiger partial charge in [0.1, 0.15) is 0 Å². The minimum Gasteiger partial charge on any atom is -0.313 e. The van der Waals surface area contributed by atoms with Crippen molar-refractivity contribution >= 4 is 0 Å². The second-order valence-electron chi connectivity index (χ2n) is 5.15. The highest BCUT2D eigenvalue weighted by atomic mass is 15.1. The maximum absolute atomic E-state index is 3.35. The van der Waals surface area contributed by atoms with Gasteiger partial charge < -0.3 is 5.32 Å². The van der Waals surface area contributed by atoms with Crippen molar-refractivity contribution in [2.45, 2.75) is 52.7 Å². The lowest BCUT2D eigenvalue weighted by atomic mass is 10.1. The Kier molecular flexibility index (Phi) is 6.99. The lowest BCUT2D eigenvalue weighted by Crippen LogP contribution is -2.28. The number of rotatable bonds is 8. The lowest BCUT2D eigenvalue weighted by molar-refractivity contribution is 0.237. The van der Waals surface area contributed by atoms with E-state index in [1.165, 1.54) is 24.0 Å². The highest BCUT2D eigenvalue weighted by Crippen LogP contribution is 2.11. The number of hydrogen-bond donors (Lipinski definition) is 1. The Hall–Kier alpha value is -0.860. The van der Waals surface area contributed by atoms with Gasteiger partial charge in [-0.2, -0.15) is 0 Å². The summed E-state index contributed by atoms with van der Waals surface area (Å²) in [6.07, 6.45) is 2.53. The summed E-state index contributed by atoms with van der Waals surface area (Å²) in [5.74, 6) is 0. The van der Waals surface area contributed by atoms with Crippen molar-refractivity contribution in [3.63, 3.8) is 0 Å². The molecule has 0 aliphatic heterocycles. The summed E-state index contributed by atoms with van der Waals surface area (Å²) in [4.78, 5) is 2.43. The van der Waals surface area contributed by atoms with Gasteiger partial charge in [-0.25, -0.2) is 0 Å². The van der Waals surface area contributed by atoms with E-state index in [4.69, 9.17) is 0 Å². The molecule has 0 amide bonds. The molecule has 0 fully saturated rings. The molecule has 1 N–H and O–H groups in total. The number of hydrogen-bond acceptors (Lipinski definition) is 2. The van der Waals surface area contributed by atoms with Crippen LogP contribution in [0.3, 0.4) is 0 Å².